The van der Waals surface area contributed by atoms with E-state index in [4.69, 9.17) is 15.2 Å². The molecule has 8 nitrogen and oxygen atoms in total. The van der Waals surface area contributed by atoms with Crippen molar-refractivity contribution in [2.75, 3.05) is 43.2 Å². The molecule has 4 heterocycles. The highest BCUT2D eigenvalue weighted by Gasteiger charge is 2.29. The Morgan fingerprint density at radius 2 is 2.03 bits per heavy atom. The number of aryl methyl sites for hydroxylation is 1. The monoisotopic (exact) mass is 448 g/mol. The first-order chi connectivity index (χ1) is 16.2. The number of methoxy groups -OCH3 is 1. The smallest absolute Gasteiger partial charge is 0.202 e. The molecule has 1 aromatic carbocycles. The predicted octanol–water partition coefficient (Wildman–Crippen LogP) is 3.57. The number of pyridine rings is 1. The van der Waals surface area contributed by atoms with Crippen LogP contribution in [-0.4, -0.2) is 48.1 Å². The van der Waals surface area contributed by atoms with Crippen LogP contribution in [-0.2, 0) is 16.0 Å². The first kappa shape index (κ1) is 21.7. The molecular weight excluding hydrogens is 416 g/mol. The molecule has 0 aliphatic carbocycles. The Hall–Kier alpha value is -3.10. The number of hydrogen-bond donors (Lipinski definition) is 1. The van der Waals surface area contributed by atoms with E-state index in [0.717, 1.165) is 66.9 Å². The van der Waals surface area contributed by atoms with Crippen LogP contribution < -0.4 is 15.5 Å². The van der Waals surface area contributed by atoms with E-state index in [2.05, 4.69) is 38.1 Å². The van der Waals surface area contributed by atoms with Crippen molar-refractivity contribution in [2.45, 2.75) is 32.5 Å². The van der Waals surface area contributed by atoms with Gasteiger partial charge in [-0.25, -0.2) is 0 Å². The molecule has 2 N–H and O–H groups in total. The van der Waals surface area contributed by atoms with Crippen LogP contribution in [0.15, 0.2) is 49.1 Å². The van der Waals surface area contributed by atoms with Crippen molar-refractivity contribution in [2.24, 2.45) is 11.7 Å². The van der Waals surface area contributed by atoms with E-state index in [1.807, 2.05) is 36.3 Å². The molecule has 5 rings (SSSR count). The van der Waals surface area contributed by atoms with Gasteiger partial charge < -0.3 is 25.0 Å². The van der Waals surface area contributed by atoms with Crippen molar-refractivity contribution in [3.05, 3.63) is 60.4 Å². The van der Waals surface area contributed by atoms with Crippen molar-refractivity contribution in [1.29, 1.82) is 0 Å². The molecule has 1 saturated heterocycles. The summed E-state index contributed by atoms with van der Waals surface area (Å²) in [6.45, 7) is 6.09. The van der Waals surface area contributed by atoms with Gasteiger partial charge in [-0.15, -0.1) is 0 Å². The normalized spacial score (nSPS) is 18.9. The highest BCUT2D eigenvalue weighted by atomic mass is 16.5. The average Bonchev–Trinajstić information content (AvgIpc) is 3.49. The minimum absolute atomic E-state index is 0.229. The minimum Gasteiger partial charge on any atom is -0.472 e. The number of hydrogen-bond acceptors (Lipinski definition) is 7. The Labute approximate surface area is 194 Å². The molecular formula is C25H32N6O2. The van der Waals surface area contributed by atoms with Gasteiger partial charge in [0.05, 0.1) is 36.2 Å². The van der Waals surface area contributed by atoms with E-state index in [-0.39, 0.29) is 6.23 Å². The Morgan fingerprint density at radius 3 is 2.79 bits per heavy atom. The van der Waals surface area contributed by atoms with Gasteiger partial charge in [0.25, 0.3) is 0 Å². The molecule has 1 unspecified atom stereocenters. The maximum absolute atomic E-state index is 6.05. The Kier molecular flexibility index (Phi) is 6.20. The summed E-state index contributed by atoms with van der Waals surface area (Å²) < 4.78 is 13.4. The average molecular weight is 449 g/mol. The van der Waals surface area contributed by atoms with Crippen molar-refractivity contribution in [3.63, 3.8) is 0 Å². The van der Waals surface area contributed by atoms with Crippen LogP contribution in [0.3, 0.4) is 0 Å². The van der Waals surface area contributed by atoms with Gasteiger partial charge in [0.2, 0.25) is 6.23 Å². The van der Waals surface area contributed by atoms with Gasteiger partial charge in [-0.1, -0.05) is 0 Å². The summed E-state index contributed by atoms with van der Waals surface area (Å²) in [4.78, 5) is 9.04. The number of nitrogens with two attached hydrogens (primary N) is 1. The first-order valence-electron chi connectivity index (χ1n) is 11.6. The summed E-state index contributed by atoms with van der Waals surface area (Å²) in [6, 6.07) is 8.61. The van der Waals surface area contributed by atoms with Crippen molar-refractivity contribution < 1.29 is 9.47 Å². The predicted molar refractivity (Wildman–Crippen MR) is 130 cm³/mol. The fraction of sp³-hybridized carbons (Fsp3) is 0.440. The topological polar surface area (TPSA) is 81.7 Å². The standard InChI is InChI=1S/C25H32N6O2/c1-18-13-20(3-6-27-18)25-30(9-12-33-25)24-14-21-17-28-31(10-11-32-2)22(21)15-23(24)29-7-4-19(16-26)5-8-29/h3,6,9,12-15,17,19,25H,4-5,7-8,10-11,16,26H2,1-2H3. The molecule has 0 bridgehead atoms. The van der Waals surface area contributed by atoms with Crippen LogP contribution in [0.4, 0.5) is 11.4 Å². The number of nitrogens with zero attached hydrogens (tertiary/aromatic N) is 5. The van der Waals surface area contributed by atoms with E-state index >= 15 is 0 Å². The molecule has 8 heteroatoms. The van der Waals surface area contributed by atoms with Crippen molar-refractivity contribution in [3.8, 4) is 0 Å². The van der Waals surface area contributed by atoms with E-state index in [0.29, 0.717) is 12.5 Å². The molecule has 2 aliphatic rings. The van der Waals surface area contributed by atoms with E-state index in [1.54, 1.807) is 13.4 Å². The fourth-order valence-electron chi connectivity index (χ4n) is 4.81. The van der Waals surface area contributed by atoms with E-state index < -0.39 is 0 Å². The van der Waals surface area contributed by atoms with Crippen LogP contribution in [0.25, 0.3) is 10.9 Å². The van der Waals surface area contributed by atoms with Crippen molar-refractivity contribution in [1.82, 2.24) is 14.8 Å². The lowest BCUT2D eigenvalue weighted by Gasteiger charge is -2.36. The fourth-order valence-corrected chi connectivity index (χ4v) is 4.81. The summed E-state index contributed by atoms with van der Waals surface area (Å²) in [5.74, 6) is 0.600. The zero-order valence-electron chi connectivity index (χ0n) is 19.4. The van der Waals surface area contributed by atoms with Gasteiger partial charge >= 0.3 is 0 Å². The SMILES string of the molecule is COCCn1ncc2cc(N3C=COC3c3ccnc(C)c3)c(N3CCC(CN)CC3)cc21. The van der Waals surface area contributed by atoms with Crippen LogP contribution >= 0.6 is 0 Å². The summed E-state index contributed by atoms with van der Waals surface area (Å²) >= 11 is 0. The lowest BCUT2D eigenvalue weighted by atomic mass is 9.96. The zero-order valence-corrected chi connectivity index (χ0v) is 19.4. The van der Waals surface area contributed by atoms with E-state index in [9.17, 15) is 0 Å². The summed E-state index contributed by atoms with van der Waals surface area (Å²) in [5.41, 5.74) is 11.4. The third kappa shape index (κ3) is 4.28. The highest BCUT2D eigenvalue weighted by molar-refractivity contribution is 5.91. The first-order valence-corrected chi connectivity index (χ1v) is 11.6. The van der Waals surface area contributed by atoms with Crippen LogP contribution in [0.1, 0.15) is 30.3 Å². The highest BCUT2D eigenvalue weighted by Crippen LogP contribution is 2.42. The van der Waals surface area contributed by atoms with Gasteiger partial charge in [0.1, 0.15) is 6.26 Å². The summed E-state index contributed by atoms with van der Waals surface area (Å²) in [6.07, 6.45) is 9.56. The Morgan fingerprint density at radius 1 is 1.18 bits per heavy atom. The van der Waals surface area contributed by atoms with Crippen LogP contribution in [0.2, 0.25) is 0 Å². The molecule has 0 saturated carbocycles. The molecule has 33 heavy (non-hydrogen) atoms. The molecule has 174 valence electrons. The summed E-state index contributed by atoms with van der Waals surface area (Å²) in [7, 11) is 1.72. The Balaban J connectivity index is 1.57. The second kappa shape index (κ2) is 9.41. The third-order valence-electron chi connectivity index (χ3n) is 6.70. The number of aromatic nitrogens is 3. The molecule has 0 radical (unpaired) electrons. The number of anilines is 2. The second-order valence-electron chi connectivity index (χ2n) is 8.84. The zero-order chi connectivity index (χ0) is 22.8. The minimum atomic E-state index is -0.229. The molecule has 0 spiro atoms. The summed E-state index contributed by atoms with van der Waals surface area (Å²) in [5, 5.41) is 5.73. The maximum atomic E-state index is 6.05. The van der Waals surface area contributed by atoms with E-state index in [1.165, 1.54) is 5.69 Å². The van der Waals surface area contributed by atoms with Gasteiger partial charge in [-0.05, 0) is 56.5 Å². The van der Waals surface area contributed by atoms with Gasteiger partial charge in [0, 0.05) is 49.2 Å². The number of rotatable bonds is 7. The number of piperidine rings is 1. The molecule has 1 atom stereocenters. The molecule has 0 amide bonds. The van der Waals surface area contributed by atoms with Gasteiger partial charge in [-0.3, -0.25) is 9.67 Å². The molecule has 1 fully saturated rings. The maximum Gasteiger partial charge on any atom is 0.202 e. The Bertz CT molecular complexity index is 1140. The lowest BCUT2D eigenvalue weighted by molar-refractivity contribution is 0.174. The van der Waals surface area contributed by atoms with Gasteiger partial charge in [0.15, 0.2) is 0 Å². The second-order valence-corrected chi connectivity index (χ2v) is 8.84. The largest absolute Gasteiger partial charge is 0.472 e. The quantitative estimate of drug-likeness (QED) is 0.592. The molecule has 3 aromatic rings. The lowest BCUT2D eigenvalue weighted by Crippen LogP contribution is -2.37. The van der Waals surface area contributed by atoms with Crippen LogP contribution in [0.5, 0.6) is 0 Å². The van der Waals surface area contributed by atoms with Crippen LogP contribution in [0, 0.1) is 12.8 Å². The van der Waals surface area contributed by atoms with Crippen molar-refractivity contribution >= 4 is 22.3 Å². The molecule has 2 aliphatic heterocycles. The number of ether oxygens (including phenoxy) is 2. The number of fused-ring (bicyclic) bond motifs is 1. The number of benzene rings is 1. The van der Waals surface area contributed by atoms with Gasteiger partial charge in [-0.2, -0.15) is 5.10 Å². The molecule has 2 aromatic heterocycles. The third-order valence-corrected chi connectivity index (χ3v) is 6.70.